The van der Waals surface area contributed by atoms with E-state index in [1.807, 2.05) is 33.0 Å². The molecule has 0 aromatic carbocycles. The molecule has 1 aromatic heterocycles. The molecule has 0 radical (unpaired) electrons. The maximum Gasteiger partial charge on any atom is 0.224 e. The Bertz CT molecular complexity index is 277. The van der Waals surface area contributed by atoms with Crippen molar-refractivity contribution in [3.63, 3.8) is 0 Å². The Kier molecular flexibility index (Phi) is 3.74. The van der Waals surface area contributed by atoms with Crippen molar-refractivity contribution in [2.75, 3.05) is 13.6 Å². The van der Waals surface area contributed by atoms with Crippen molar-refractivity contribution in [1.29, 1.82) is 0 Å². The van der Waals surface area contributed by atoms with Gasteiger partial charge in [-0.3, -0.25) is 4.79 Å². The van der Waals surface area contributed by atoms with E-state index in [2.05, 4.69) is 0 Å². The monoisotopic (exact) mass is 195 g/mol. The maximum absolute atomic E-state index is 11.5. The van der Waals surface area contributed by atoms with Crippen LogP contribution in [0.3, 0.4) is 0 Å². The largest absolute Gasteiger partial charge is 0.469 e. The Morgan fingerprint density at radius 2 is 2.29 bits per heavy atom. The van der Waals surface area contributed by atoms with Crippen molar-refractivity contribution in [1.82, 2.24) is 4.90 Å². The number of amides is 1. The minimum atomic E-state index is 0.0663. The predicted molar refractivity (Wildman–Crippen MR) is 54.9 cm³/mol. The molecule has 78 valence electrons. The van der Waals surface area contributed by atoms with Crippen molar-refractivity contribution in [2.24, 2.45) is 5.92 Å². The molecule has 0 aliphatic heterocycles. The fourth-order valence-electron chi connectivity index (χ4n) is 1.28. The van der Waals surface area contributed by atoms with Crippen LogP contribution in [0.25, 0.3) is 0 Å². The van der Waals surface area contributed by atoms with Gasteiger partial charge in [0.25, 0.3) is 0 Å². The van der Waals surface area contributed by atoms with Gasteiger partial charge in [-0.2, -0.15) is 0 Å². The van der Waals surface area contributed by atoms with Crippen molar-refractivity contribution in [3.05, 3.63) is 24.2 Å². The zero-order valence-corrected chi connectivity index (χ0v) is 8.99. The Morgan fingerprint density at radius 1 is 1.57 bits per heavy atom. The van der Waals surface area contributed by atoms with E-state index in [-0.39, 0.29) is 11.8 Å². The van der Waals surface area contributed by atoms with Crippen molar-refractivity contribution in [3.8, 4) is 0 Å². The highest BCUT2D eigenvalue weighted by Gasteiger charge is 2.12. The number of likely N-dealkylation sites (N-methyl/N-ethyl adjacent to an activating group) is 1. The molecule has 0 saturated carbocycles. The molecule has 0 bridgehead atoms. The van der Waals surface area contributed by atoms with Crippen LogP contribution >= 0.6 is 0 Å². The van der Waals surface area contributed by atoms with E-state index in [4.69, 9.17) is 4.42 Å². The van der Waals surface area contributed by atoms with Gasteiger partial charge in [0, 0.05) is 25.9 Å². The van der Waals surface area contributed by atoms with Crippen LogP contribution in [0.15, 0.2) is 22.8 Å². The fraction of sp³-hybridized carbons (Fsp3) is 0.545. The molecule has 0 saturated heterocycles. The number of nitrogens with zero attached hydrogens (tertiary/aromatic N) is 1. The Balaban J connectivity index is 2.35. The summed E-state index contributed by atoms with van der Waals surface area (Å²) in [4.78, 5) is 13.2. The van der Waals surface area contributed by atoms with E-state index >= 15 is 0 Å². The average Bonchev–Trinajstić information content (AvgIpc) is 2.65. The number of carbonyl (C=O) groups is 1. The van der Waals surface area contributed by atoms with Gasteiger partial charge in [0.05, 0.1) is 6.26 Å². The highest BCUT2D eigenvalue weighted by Crippen LogP contribution is 2.04. The van der Waals surface area contributed by atoms with Gasteiger partial charge >= 0.3 is 0 Å². The summed E-state index contributed by atoms with van der Waals surface area (Å²) in [6.45, 7) is 4.53. The number of hydrogen-bond donors (Lipinski definition) is 0. The minimum absolute atomic E-state index is 0.0663. The molecule has 14 heavy (non-hydrogen) atoms. The highest BCUT2D eigenvalue weighted by molar-refractivity contribution is 5.77. The van der Waals surface area contributed by atoms with E-state index < -0.39 is 0 Å². The summed E-state index contributed by atoms with van der Waals surface area (Å²) in [5.41, 5.74) is 0. The van der Waals surface area contributed by atoms with Gasteiger partial charge < -0.3 is 9.32 Å². The lowest BCUT2D eigenvalue weighted by atomic mass is 10.2. The van der Waals surface area contributed by atoms with E-state index in [9.17, 15) is 4.79 Å². The summed E-state index contributed by atoms with van der Waals surface area (Å²) >= 11 is 0. The van der Waals surface area contributed by atoms with Crippen LogP contribution in [0.5, 0.6) is 0 Å². The van der Waals surface area contributed by atoms with Crippen molar-refractivity contribution >= 4 is 5.91 Å². The molecule has 3 nitrogen and oxygen atoms in total. The standard InChI is InChI=1S/C11H17NO2/c1-9(2)11(13)12(3)7-6-10-5-4-8-14-10/h4-5,8-9H,6-7H2,1-3H3. The van der Waals surface area contributed by atoms with Gasteiger partial charge in [0.1, 0.15) is 5.76 Å². The summed E-state index contributed by atoms with van der Waals surface area (Å²) in [5.74, 6) is 1.17. The molecule has 0 N–H and O–H groups in total. The summed E-state index contributed by atoms with van der Waals surface area (Å²) in [6, 6.07) is 3.79. The second kappa shape index (κ2) is 4.84. The molecule has 0 fully saturated rings. The summed E-state index contributed by atoms with van der Waals surface area (Å²) in [5, 5.41) is 0. The smallest absolute Gasteiger partial charge is 0.224 e. The van der Waals surface area contributed by atoms with Crippen molar-refractivity contribution in [2.45, 2.75) is 20.3 Å². The van der Waals surface area contributed by atoms with Crippen LogP contribution in [0, 0.1) is 5.92 Å². The summed E-state index contributed by atoms with van der Waals surface area (Å²) < 4.78 is 5.19. The third kappa shape index (κ3) is 2.91. The van der Waals surface area contributed by atoms with Gasteiger partial charge in [-0.15, -0.1) is 0 Å². The lowest BCUT2D eigenvalue weighted by Crippen LogP contribution is -2.32. The Hall–Kier alpha value is -1.25. The molecule has 1 rings (SSSR count). The first-order chi connectivity index (χ1) is 6.61. The summed E-state index contributed by atoms with van der Waals surface area (Å²) in [7, 11) is 1.82. The van der Waals surface area contributed by atoms with Gasteiger partial charge in [0.2, 0.25) is 5.91 Å². The highest BCUT2D eigenvalue weighted by atomic mass is 16.3. The molecule has 0 aliphatic rings. The van der Waals surface area contributed by atoms with E-state index in [0.717, 1.165) is 12.2 Å². The van der Waals surface area contributed by atoms with Crippen LogP contribution in [-0.2, 0) is 11.2 Å². The van der Waals surface area contributed by atoms with Crippen LogP contribution < -0.4 is 0 Å². The van der Waals surface area contributed by atoms with Crippen molar-refractivity contribution < 1.29 is 9.21 Å². The lowest BCUT2D eigenvalue weighted by molar-refractivity contribution is -0.133. The number of carbonyl (C=O) groups excluding carboxylic acids is 1. The molecule has 3 heteroatoms. The maximum atomic E-state index is 11.5. The topological polar surface area (TPSA) is 33.5 Å². The zero-order chi connectivity index (χ0) is 10.6. The lowest BCUT2D eigenvalue weighted by Gasteiger charge is -2.18. The second-order valence-electron chi connectivity index (χ2n) is 3.74. The fourth-order valence-corrected chi connectivity index (χ4v) is 1.28. The van der Waals surface area contributed by atoms with E-state index in [1.165, 1.54) is 0 Å². The van der Waals surface area contributed by atoms with E-state index in [0.29, 0.717) is 6.54 Å². The van der Waals surface area contributed by atoms with Gasteiger partial charge in [-0.25, -0.2) is 0 Å². The van der Waals surface area contributed by atoms with Crippen LogP contribution in [0.2, 0.25) is 0 Å². The van der Waals surface area contributed by atoms with Crippen LogP contribution in [0.1, 0.15) is 19.6 Å². The Morgan fingerprint density at radius 3 is 2.79 bits per heavy atom. The number of furan rings is 1. The first-order valence-electron chi connectivity index (χ1n) is 4.88. The molecule has 1 amide bonds. The van der Waals surface area contributed by atoms with Gasteiger partial charge in [0.15, 0.2) is 0 Å². The average molecular weight is 195 g/mol. The molecule has 0 spiro atoms. The van der Waals surface area contributed by atoms with Gasteiger partial charge in [-0.1, -0.05) is 13.8 Å². The zero-order valence-electron chi connectivity index (χ0n) is 8.99. The molecule has 1 heterocycles. The SMILES string of the molecule is CC(C)C(=O)N(C)CCc1ccco1. The second-order valence-corrected chi connectivity index (χ2v) is 3.74. The molecule has 1 aromatic rings. The quantitative estimate of drug-likeness (QED) is 0.735. The summed E-state index contributed by atoms with van der Waals surface area (Å²) in [6.07, 6.45) is 2.43. The molecule has 0 atom stereocenters. The molecular formula is C11H17NO2. The number of hydrogen-bond acceptors (Lipinski definition) is 2. The predicted octanol–water partition coefficient (Wildman–Crippen LogP) is 1.94. The Labute approximate surface area is 84.7 Å². The third-order valence-corrected chi connectivity index (χ3v) is 2.14. The van der Waals surface area contributed by atoms with Crippen LogP contribution in [0.4, 0.5) is 0 Å². The molecule has 0 unspecified atom stereocenters. The molecular weight excluding hydrogens is 178 g/mol. The third-order valence-electron chi connectivity index (χ3n) is 2.14. The van der Waals surface area contributed by atoms with E-state index in [1.54, 1.807) is 11.2 Å². The first kappa shape index (κ1) is 10.8. The normalized spacial score (nSPS) is 10.6. The van der Waals surface area contributed by atoms with Gasteiger partial charge in [-0.05, 0) is 12.1 Å². The minimum Gasteiger partial charge on any atom is -0.469 e. The molecule has 0 aliphatic carbocycles. The number of rotatable bonds is 4. The van der Waals surface area contributed by atoms with Crippen LogP contribution in [-0.4, -0.2) is 24.4 Å². The first-order valence-corrected chi connectivity index (χ1v) is 4.88.